The van der Waals surface area contributed by atoms with Gasteiger partial charge in [-0.15, -0.1) is 11.3 Å². The maximum absolute atomic E-state index is 12.5. The first-order valence-electron chi connectivity index (χ1n) is 10.7. The predicted octanol–water partition coefficient (Wildman–Crippen LogP) is 3.74. The molecule has 1 aliphatic carbocycles. The van der Waals surface area contributed by atoms with E-state index in [2.05, 4.69) is 46.7 Å². The Labute approximate surface area is 190 Å². The van der Waals surface area contributed by atoms with Gasteiger partial charge in [0, 0.05) is 35.7 Å². The number of carbonyl (C=O) groups excluding carboxylic acids is 2. The minimum atomic E-state index is -0.323. The van der Waals surface area contributed by atoms with E-state index in [0.29, 0.717) is 22.5 Å². The van der Waals surface area contributed by atoms with Crippen molar-refractivity contribution in [2.24, 2.45) is 11.3 Å². The molecule has 3 heterocycles. The molecule has 3 aromatic heterocycles. The second-order valence-electron chi connectivity index (χ2n) is 9.11. The molecule has 0 spiro atoms. The summed E-state index contributed by atoms with van der Waals surface area (Å²) in [7, 11) is 0. The number of hydrazine groups is 1. The number of thiophene rings is 1. The second-order valence-corrected chi connectivity index (χ2v) is 10.3. The van der Waals surface area contributed by atoms with Crippen molar-refractivity contribution in [3.63, 3.8) is 0 Å². The smallest absolute Gasteiger partial charge is 0.279 e. The lowest BCUT2D eigenvalue weighted by Gasteiger charge is -2.33. The van der Waals surface area contributed by atoms with Crippen LogP contribution in [-0.4, -0.2) is 26.9 Å². The molecule has 2 amide bonds. The maximum Gasteiger partial charge on any atom is 0.279 e. The van der Waals surface area contributed by atoms with Crippen LogP contribution in [0.4, 0.5) is 0 Å². The van der Waals surface area contributed by atoms with Crippen molar-refractivity contribution in [1.82, 2.24) is 26.0 Å². The lowest BCUT2D eigenvalue weighted by Crippen LogP contribution is -2.41. The SMILES string of the molecule is CC(C)(C)C1CCc2sc(C(=O)NNC(=O)CCc3nc(-c4ccncc4)no3)cc2C1. The number of aromatic nitrogens is 3. The molecular formula is C23H27N5O3S. The van der Waals surface area contributed by atoms with Gasteiger partial charge in [0.25, 0.3) is 5.91 Å². The number of rotatable bonds is 5. The Bertz CT molecular complexity index is 1100. The van der Waals surface area contributed by atoms with Crippen molar-refractivity contribution >= 4 is 23.2 Å². The number of pyridine rings is 1. The highest BCUT2D eigenvalue weighted by Gasteiger charge is 2.30. The molecule has 9 heteroatoms. The molecule has 0 radical (unpaired) electrons. The van der Waals surface area contributed by atoms with E-state index >= 15 is 0 Å². The zero-order chi connectivity index (χ0) is 22.7. The van der Waals surface area contributed by atoms with Crippen molar-refractivity contribution in [2.45, 2.75) is 52.9 Å². The van der Waals surface area contributed by atoms with E-state index in [4.69, 9.17) is 4.52 Å². The highest BCUT2D eigenvalue weighted by Crippen LogP contribution is 2.40. The van der Waals surface area contributed by atoms with Crippen LogP contribution in [0, 0.1) is 11.3 Å². The number of hydrogen-bond acceptors (Lipinski definition) is 7. The number of aryl methyl sites for hydroxylation is 2. The molecule has 8 nitrogen and oxygen atoms in total. The molecule has 32 heavy (non-hydrogen) atoms. The van der Waals surface area contributed by atoms with Crippen LogP contribution in [0.15, 0.2) is 35.1 Å². The Morgan fingerprint density at radius 3 is 2.75 bits per heavy atom. The van der Waals surface area contributed by atoms with Gasteiger partial charge in [0.05, 0.1) is 4.88 Å². The Hall–Kier alpha value is -3.07. The van der Waals surface area contributed by atoms with Crippen LogP contribution < -0.4 is 10.9 Å². The van der Waals surface area contributed by atoms with Gasteiger partial charge in [-0.25, -0.2) is 0 Å². The summed E-state index contributed by atoms with van der Waals surface area (Å²) < 4.78 is 5.20. The third-order valence-electron chi connectivity index (χ3n) is 5.82. The molecule has 4 rings (SSSR count). The van der Waals surface area contributed by atoms with Gasteiger partial charge in [-0.05, 0) is 54.4 Å². The Kier molecular flexibility index (Phi) is 6.36. The topological polar surface area (TPSA) is 110 Å². The van der Waals surface area contributed by atoms with Gasteiger partial charge in [-0.3, -0.25) is 25.4 Å². The Morgan fingerprint density at radius 2 is 2.00 bits per heavy atom. The zero-order valence-corrected chi connectivity index (χ0v) is 19.3. The first-order valence-corrected chi connectivity index (χ1v) is 11.5. The summed E-state index contributed by atoms with van der Waals surface area (Å²) in [5.41, 5.74) is 7.30. The molecule has 1 aliphatic rings. The molecular weight excluding hydrogens is 426 g/mol. The van der Waals surface area contributed by atoms with Gasteiger partial charge >= 0.3 is 0 Å². The summed E-state index contributed by atoms with van der Waals surface area (Å²) in [5, 5.41) is 3.92. The number of carbonyl (C=O) groups is 2. The lowest BCUT2D eigenvalue weighted by molar-refractivity contribution is -0.121. The largest absolute Gasteiger partial charge is 0.339 e. The fourth-order valence-corrected chi connectivity index (χ4v) is 4.92. The van der Waals surface area contributed by atoms with Crippen LogP contribution in [0.5, 0.6) is 0 Å². The maximum atomic E-state index is 12.5. The normalized spacial score (nSPS) is 15.8. The molecule has 0 bridgehead atoms. The fraction of sp³-hybridized carbons (Fsp3) is 0.435. The number of hydrogen-bond donors (Lipinski definition) is 2. The second kappa shape index (κ2) is 9.20. The molecule has 168 valence electrons. The minimum absolute atomic E-state index is 0.118. The molecule has 0 aromatic carbocycles. The first-order chi connectivity index (χ1) is 15.3. The van der Waals surface area contributed by atoms with E-state index in [9.17, 15) is 9.59 Å². The van der Waals surface area contributed by atoms with E-state index in [1.807, 2.05) is 6.07 Å². The Morgan fingerprint density at radius 1 is 1.22 bits per heavy atom. The fourth-order valence-electron chi connectivity index (χ4n) is 3.82. The summed E-state index contributed by atoms with van der Waals surface area (Å²) in [6.07, 6.45) is 6.85. The summed E-state index contributed by atoms with van der Waals surface area (Å²) in [5.74, 6) is 0.812. The summed E-state index contributed by atoms with van der Waals surface area (Å²) in [4.78, 5) is 34.8. The molecule has 2 N–H and O–H groups in total. The van der Waals surface area contributed by atoms with Crippen LogP contribution >= 0.6 is 11.3 Å². The standard InChI is InChI=1S/C23H27N5O3S/c1-23(2,3)16-4-5-17-15(12-16)13-18(32-17)22(30)27-26-19(29)6-7-20-25-21(28-31-20)14-8-10-24-11-9-14/h8-11,13,16H,4-7,12H2,1-3H3,(H,26,29)(H,27,30). The van der Waals surface area contributed by atoms with Gasteiger partial charge in [0.2, 0.25) is 17.6 Å². The average molecular weight is 454 g/mol. The van der Waals surface area contributed by atoms with Crippen LogP contribution in [0.2, 0.25) is 0 Å². The number of nitrogens with zero attached hydrogens (tertiary/aromatic N) is 3. The zero-order valence-electron chi connectivity index (χ0n) is 18.5. The average Bonchev–Trinajstić information content (AvgIpc) is 3.42. The predicted molar refractivity (Wildman–Crippen MR) is 121 cm³/mol. The number of nitrogens with one attached hydrogen (secondary N) is 2. The van der Waals surface area contributed by atoms with E-state index in [1.54, 1.807) is 24.5 Å². The van der Waals surface area contributed by atoms with Crippen molar-refractivity contribution in [2.75, 3.05) is 0 Å². The van der Waals surface area contributed by atoms with Gasteiger partial charge in [-0.1, -0.05) is 25.9 Å². The van der Waals surface area contributed by atoms with Crippen LogP contribution in [0.3, 0.4) is 0 Å². The molecule has 0 aliphatic heterocycles. The highest BCUT2D eigenvalue weighted by molar-refractivity contribution is 7.14. The summed E-state index contributed by atoms with van der Waals surface area (Å²) >= 11 is 1.52. The highest BCUT2D eigenvalue weighted by atomic mass is 32.1. The van der Waals surface area contributed by atoms with Crippen molar-refractivity contribution in [1.29, 1.82) is 0 Å². The molecule has 3 aromatic rings. The van der Waals surface area contributed by atoms with Crippen molar-refractivity contribution in [3.05, 3.63) is 51.8 Å². The molecule has 0 saturated carbocycles. The van der Waals surface area contributed by atoms with E-state index < -0.39 is 0 Å². The van der Waals surface area contributed by atoms with Crippen molar-refractivity contribution in [3.8, 4) is 11.4 Å². The quantitative estimate of drug-likeness (QED) is 0.570. The lowest BCUT2D eigenvalue weighted by atomic mass is 9.72. The summed E-state index contributed by atoms with van der Waals surface area (Å²) in [6, 6.07) is 5.53. The first kappa shape index (κ1) is 22.1. The third kappa shape index (κ3) is 5.21. The van der Waals surface area contributed by atoms with Gasteiger partial charge in [-0.2, -0.15) is 4.98 Å². The molecule has 1 atom stereocenters. The monoisotopic (exact) mass is 453 g/mol. The molecule has 1 unspecified atom stereocenters. The Balaban J connectivity index is 1.26. The van der Waals surface area contributed by atoms with Gasteiger partial charge < -0.3 is 4.52 Å². The van der Waals surface area contributed by atoms with Crippen LogP contribution in [0.1, 0.15) is 59.6 Å². The third-order valence-corrected chi connectivity index (χ3v) is 7.06. The molecule has 0 saturated heterocycles. The number of amides is 2. The van der Waals surface area contributed by atoms with E-state index in [0.717, 1.165) is 24.8 Å². The summed E-state index contributed by atoms with van der Waals surface area (Å²) in [6.45, 7) is 6.81. The van der Waals surface area contributed by atoms with Gasteiger partial charge in [0.15, 0.2) is 0 Å². The van der Waals surface area contributed by atoms with Crippen LogP contribution in [0.25, 0.3) is 11.4 Å². The minimum Gasteiger partial charge on any atom is -0.339 e. The van der Waals surface area contributed by atoms with Crippen LogP contribution in [-0.2, 0) is 24.1 Å². The van der Waals surface area contributed by atoms with Gasteiger partial charge in [0.1, 0.15) is 0 Å². The van der Waals surface area contributed by atoms with E-state index in [1.165, 1.54) is 21.8 Å². The van der Waals surface area contributed by atoms with E-state index in [-0.39, 0.29) is 30.1 Å². The van der Waals surface area contributed by atoms with Crippen molar-refractivity contribution < 1.29 is 14.1 Å². The molecule has 0 fully saturated rings. The number of fused-ring (bicyclic) bond motifs is 1.